The Balaban J connectivity index is 1.69. The van der Waals surface area contributed by atoms with Crippen molar-refractivity contribution in [2.45, 2.75) is 26.2 Å². The van der Waals surface area contributed by atoms with Gasteiger partial charge in [0.1, 0.15) is 0 Å². The van der Waals surface area contributed by atoms with Crippen LogP contribution in [0.1, 0.15) is 36.5 Å². The second-order valence-electron chi connectivity index (χ2n) is 6.04. The lowest BCUT2D eigenvalue weighted by Crippen LogP contribution is -2.38. The number of nitrogens with zero attached hydrogens (tertiary/aromatic N) is 2. The molecule has 128 valence electrons. The molecule has 2 N–H and O–H groups in total. The second-order valence-corrected chi connectivity index (χ2v) is 6.04. The number of carbonyl (C=O) groups is 2. The Morgan fingerprint density at radius 2 is 2.12 bits per heavy atom. The number of fused-ring (bicyclic) bond motifs is 1. The summed E-state index contributed by atoms with van der Waals surface area (Å²) < 4.78 is 5.34. The van der Waals surface area contributed by atoms with Crippen LogP contribution in [0.15, 0.2) is 18.2 Å². The van der Waals surface area contributed by atoms with E-state index >= 15 is 0 Å². The van der Waals surface area contributed by atoms with E-state index in [1.165, 1.54) is 0 Å². The zero-order valence-corrected chi connectivity index (χ0v) is 13.6. The number of carboxylic acid groups (broad SMARTS) is 1. The SMILES string of the molecule is CCOc1nc2ccc(C(=O)N3CCC(CC(=O)O)CC3)cc2[nH]1. The van der Waals surface area contributed by atoms with E-state index in [0.717, 1.165) is 23.9 Å². The van der Waals surface area contributed by atoms with Gasteiger partial charge in [-0.25, -0.2) is 0 Å². The van der Waals surface area contributed by atoms with Crippen LogP contribution in [0.25, 0.3) is 11.0 Å². The third-order valence-corrected chi connectivity index (χ3v) is 4.35. The van der Waals surface area contributed by atoms with E-state index in [-0.39, 0.29) is 18.2 Å². The van der Waals surface area contributed by atoms with Crippen LogP contribution in [-0.4, -0.2) is 51.5 Å². The molecule has 7 nitrogen and oxygen atoms in total. The number of H-pyrrole nitrogens is 1. The van der Waals surface area contributed by atoms with Crippen LogP contribution in [0.3, 0.4) is 0 Å². The molecule has 0 radical (unpaired) electrons. The number of hydrogen-bond donors (Lipinski definition) is 2. The first-order valence-corrected chi connectivity index (χ1v) is 8.20. The van der Waals surface area contributed by atoms with Crippen LogP contribution in [0.2, 0.25) is 0 Å². The molecule has 1 aliphatic heterocycles. The highest BCUT2D eigenvalue weighted by Gasteiger charge is 2.25. The number of carboxylic acids is 1. The molecule has 2 heterocycles. The number of amides is 1. The minimum absolute atomic E-state index is 0.0294. The molecule has 1 saturated heterocycles. The number of likely N-dealkylation sites (tertiary alicyclic amines) is 1. The van der Waals surface area contributed by atoms with Crippen LogP contribution in [0.4, 0.5) is 0 Å². The minimum Gasteiger partial charge on any atom is -0.481 e. The number of nitrogens with one attached hydrogen (secondary N) is 1. The number of aliphatic carboxylic acids is 1. The van der Waals surface area contributed by atoms with Gasteiger partial charge >= 0.3 is 5.97 Å². The van der Waals surface area contributed by atoms with Gasteiger partial charge < -0.3 is 19.7 Å². The molecular formula is C17H21N3O4. The van der Waals surface area contributed by atoms with Gasteiger partial charge in [-0.1, -0.05) is 0 Å². The summed E-state index contributed by atoms with van der Waals surface area (Å²) in [4.78, 5) is 32.6. The summed E-state index contributed by atoms with van der Waals surface area (Å²) in [7, 11) is 0. The van der Waals surface area contributed by atoms with Gasteiger partial charge in [-0.15, -0.1) is 0 Å². The van der Waals surface area contributed by atoms with E-state index < -0.39 is 5.97 Å². The zero-order valence-electron chi connectivity index (χ0n) is 13.6. The third kappa shape index (κ3) is 3.50. The van der Waals surface area contributed by atoms with Gasteiger partial charge in [-0.2, -0.15) is 4.98 Å². The molecule has 3 rings (SSSR count). The number of piperidine rings is 1. The predicted molar refractivity (Wildman–Crippen MR) is 88.1 cm³/mol. The first-order valence-electron chi connectivity index (χ1n) is 8.20. The minimum atomic E-state index is -0.769. The smallest absolute Gasteiger partial charge is 0.303 e. The summed E-state index contributed by atoms with van der Waals surface area (Å²) in [5.74, 6) is -0.636. The Bertz CT molecular complexity index is 747. The van der Waals surface area contributed by atoms with Gasteiger partial charge in [0.05, 0.1) is 17.6 Å². The van der Waals surface area contributed by atoms with Gasteiger partial charge in [0.15, 0.2) is 0 Å². The predicted octanol–water partition coefficient (Wildman–Crippen LogP) is 2.29. The molecule has 2 aromatic rings. The normalized spacial score (nSPS) is 15.6. The van der Waals surface area contributed by atoms with E-state index in [9.17, 15) is 9.59 Å². The Morgan fingerprint density at radius 1 is 1.38 bits per heavy atom. The topological polar surface area (TPSA) is 95.5 Å². The molecule has 0 atom stereocenters. The molecule has 0 saturated carbocycles. The molecule has 7 heteroatoms. The number of ether oxygens (including phenoxy) is 1. The molecule has 1 aromatic carbocycles. The highest BCUT2D eigenvalue weighted by atomic mass is 16.5. The highest BCUT2D eigenvalue weighted by molar-refractivity contribution is 5.97. The number of aromatic amines is 1. The summed E-state index contributed by atoms with van der Waals surface area (Å²) in [5.41, 5.74) is 2.13. The Labute approximate surface area is 139 Å². The van der Waals surface area contributed by atoms with E-state index in [2.05, 4.69) is 9.97 Å². The third-order valence-electron chi connectivity index (χ3n) is 4.35. The molecule has 0 unspecified atom stereocenters. The standard InChI is InChI=1S/C17H21N3O4/c1-2-24-17-18-13-4-3-12(10-14(13)19-17)16(23)20-7-5-11(6-8-20)9-15(21)22/h3-4,10-11H,2,5-9H2,1H3,(H,18,19)(H,21,22). The molecule has 1 fully saturated rings. The molecule has 0 spiro atoms. The van der Waals surface area contributed by atoms with Crippen LogP contribution < -0.4 is 4.74 Å². The lowest BCUT2D eigenvalue weighted by atomic mass is 9.93. The maximum Gasteiger partial charge on any atom is 0.303 e. The maximum atomic E-state index is 12.6. The molecule has 24 heavy (non-hydrogen) atoms. The number of aromatic nitrogens is 2. The molecular weight excluding hydrogens is 310 g/mol. The number of hydrogen-bond acceptors (Lipinski definition) is 4. The first kappa shape index (κ1) is 16.3. The van der Waals surface area contributed by atoms with E-state index in [1.807, 2.05) is 6.92 Å². The van der Waals surface area contributed by atoms with Crippen molar-refractivity contribution in [3.05, 3.63) is 23.8 Å². The zero-order chi connectivity index (χ0) is 17.1. The lowest BCUT2D eigenvalue weighted by molar-refractivity contribution is -0.138. The fourth-order valence-electron chi connectivity index (χ4n) is 3.09. The van der Waals surface area contributed by atoms with Crippen molar-refractivity contribution in [2.75, 3.05) is 19.7 Å². The number of carbonyl (C=O) groups excluding carboxylic acids is 1. The number of benzene rings is 1. The second kappa shape index (κ2) is 6.90. The Kier molecular flexibility index (Phi) is 4.69. The Hall–Kier alpha value is -2.57. The maximum absolute atomic E-state index is 12.6. The van der Waals surface area contributed by atoms with Gasteiger partial charge in [0.2, 0.25) is 0 Å². The van der Waals surface area contributed by atoms with E-state index in [0.29, 0.717) is 31.3 Å². The lowest BCUT2D eigenvalue weighted by Gasteiger charge is -2.31. The van der Waals surface area contributed by atoms with Crippen molar-refractivity contribution >= 4 is 22.9 Å². The highest BCUT2D eigenvalue weighted by Crippen LogP contribution is 2.23. The summed E-state index contributed by atoms with van der Waals surface area (Å²) in [6.07, 6.45) is 1.65. The van der Waals surface area contributed by atoms with Crippen LogP contribution in [0, 0.1) is 5.92 Å². The van der Waals surface area contributed by atoms with Crippen LogP contribution in [0.5, 0.6) is 6.01 Å². The molecule has 0 aliphatic carbocycles. The van der Waals surface area contributed by atoms with Gasteiger partial charge in [0, 0.05) is 25.1 Å². The summed E-state index contributed by atoms with van der Waals surface area (Å²) in [6, 6.07) is 5.81. The van der Waals surface area contributed by atoms with Gasteiger partial charge in [0.25, 0.3) is 11.9 Å². The average molecular weight is 331 g/mol. The number of rotatable bonds is 5. The fourth-order valence-corrected chi connectivity index (χ4v) is 3.09. The summed E-state index contributed by atoms with van der Waals surface area (Å²) in [5, 5.41) is 8.86. The summed E-state index contributed by atoms with van der Waals surface area (Å²) >= 11 is 0. The summed E-state index contributed by atoms with van der Waals surface area (Å²) in [6.45, 7) is 3.61. The Morgan fingerprint density at radius 3 is 2.79 bits per heavy atom. The van der Waals surface area contributed by atoms with Crippen LogP contribution in [-0.2, 0) is 4.79 Å². The first-order chi connectivity index (χ1) is 11.6. The van der Waals surface area contributed by atoms with Gasteiger partial charge in [-0.3, -0.25) is 9.59 Å². The molecule has 1 aliphatic rings. The van der Waals surface area contributed by atoms with Crippen molar-refractivity contribution in [2.24, 2.45) is 5.92 Å². The average Bonchev–Trinajstić information content (AvgIpc) is 2.96. The molecule has 1 amide bonds. The monoisotopic (exact) mass is 331 g/mol. The van der Waals surface area contributed by atoms with Gasteiger partial charge in [-0.05, 0) is 43.9 Å². The number of imidazole rings is 1. The van der Waals surface area contributed by atoms with Crippen molar-refractivity contribution < 1.29 is 19.4 Å². The van der Waals surface area contributed by atoms with Crippen molar-refractivity contribution in [1.29, 1.82) is 0 Å². The molecule has 0 bridgehead atoms. The fraction of sp³-hybridized carbons (Fsp3) is 0.471. The van der Waals surface area contributed by atoms with Crippen molar-refractivity contribution in [3.8, 4) is 6.01 Å². The molecule has 1 aromatic heterocycles. The largest absolute Gasteiger partial charge is 0.481 e. The van der Waals surface area contributed by atoms with Crippen LogP contribution >= 0.6 is 0 Å². The van der Waals surface area contributed by atoms with E-state index in [1.54, 1.807) is 23.1 Å². The van der Waals surface area contributed by atoms with Crippen molar-refractivity contribution in [1.82, 2.24) is 14.9 Å². The quantitative estimate of drug-likeness (QED) is 0.876. The van der Waals surface area contributed by atoms with E-state index in [4.69, 9.17) is 9.84 Å². The van der Waals surface area contributed by atoms with Crippen molar-refractivity contribution in [3.63, 3.8) is 0 Å².